The highest BCUT2D eigenvalue weighted by atomic mass is 35.5. The van der Waals surface area contributed by atoms with Crippen molar-refractivity contribution < 1.29 is 33.4 Å². The fourth-order valence-corrected chi connectivity index (χ4v) is 2.91. The Balaban J connectivity index is 2.12. The van der Waals surface area contributed by atoms with Crippen molar-refractivity contribution in [2.45, 2.75) is 32.1 Å². The number of carbonyl (C=O) groups is 3. The molecule has 2 rings (SSSR count). The molecule has 0 spiro atoms. The van der Waals surface area contributed by atoms with Crippen molar-refractivity contribution >= 4 is 29.2 Å². The minimum absolute atomic E-state index is 0.0281. The first kappa shape index (κ1) is 17.2. The number of hydrogen-bond donors (Lipinski definition) is 1. The molecule has 7 nitrogen and oxygen atoms in total. The number of hydrogen-bond acceptors (Lipinski definition) is 5. The van der Waals surface area contributed by atoms with Crippen LogP contribution in [0.25, 0.3) is 0 Å². The largest absolute Gasteiger partial charge is 0.527 e. The molecule has 0 bridgehead atoms. The number of likely N-dealkylation sites (tertiary alicyclic amines) is 1. The van der Waals surface area contributed by atoms with E-state index in [1.165, 1.54) is 0 Å². The summed E-state index contributed by atoms with van der Waals surface area (Å²) in [6.45, 7) is 1.36. The Bertz CT molecular complexity index is 607. The monoisotopic (exact) mass is 342 g/mol. The van der Waals surface area contributed by atoms with E-state index >= 15 is 0 Å². The third-order valence-corrected chi connectivity index (χ3v) is 4.07. The van der Waals surface area contributed by atoms with E-state index < -0.39 is 34.2 Å². The lowest BCUT2D eigenvalue weighted by molar-refractivity contribution is -0.797. The predicted octanol–water partition coefficient (Wildman–Crippen LogP) is 3.35. The molecule has 8 heteroatoms. The molecule has 0 aliphatic carbocycles. The van der Waals surface area contributed by atoms with E-state index in [-0.39, 0.29) is 19.6 Å². The lowest BCUT2D eigenvalue weighted by Crippen LogP contribution is -2.59. The number of carbonyl (C=O) groups excluding carboxylic acids is 2. The Labute approximate surface area is 137 Å². The summed E-state index contributed by atoms with van der Waals surface area (Å²) in [5.41, 5.74) is -0.273. The number of imide groups is 1. The lowest BCUT2D eigenvalue weighted by Gasteiger charge is -2.27. The summed E-state index contributed by atoms with van der Waals surface area (Å²) in [4.78, 5) is 35.0. The number of rotatable bonds is 3. The number of halogens is 1. The molecule has 1 saturated heterocycles. The zero-order valence-corrected chi connectivity index (χ0v) is 13.2. The van der Waals surface area contributed by atoms with Crippen LogP contribution in [0.3, 0.4) is 0 Å². The second kappa shape index (κ2) is 6.97. The van der Waals surface area contributed by atoms with Crippen LogP contribution in [-0.4, -0.2) is 45.9 Å². The zero-order chi connectivity index (χ0) is 17.0. The van der Waals surface area contributed by atoms with Gasteiger partial charge in [-0.1, -0.05) is 30.3 Å². The van der Waals surface area contributed by atoms with Gasteiger partial charge in [-0.15, -0.1) is 4.48 Å². The number of carboxylic acid groups (broad SMARTS) is 1. The van der Waals surface area contributed by atoms with Crippen molar-refractivity contribution in [2.75, 3.05) is 6.54 Å². The fourth-order valence-electron chi connectivity index (χ4n) is 2.79. The minimum atomic E-state index is -1.34. The van der Waals surface area contributed by atoms with E-state index in [0.717, 1.165) is 5.56 Å². The van der Waals surface area contributed by atoms with Crippen LogP contribution in [0.4, 0.5) is 14.4 Å². The first-order valence-corrected chi connectivity index (χ1v) is 7.42. The maximum atomic E-state index is 12.4. The van der Waals surface area contributed by atoms with E-state index in [9.17, 15) is 19.5 Å². The minimum Gasteiger partial charge on any atom is -0.444 e. The molecule has 1 aliphatic rings. The highest BCUT2D eigenvalue weighted by molar-refractivity contribution is 6.61. The van der Waals surface area contributed by atoms with Crippen molar-refractivity contribution in [2.24, 2.45) is 0 Å². The Kier molecular flexibility index (Phi) is 5.23. The Morgan fingerprint density at radius 3 is 2.52 bits per heavy atom. The average Bonchev–Trinajstić information content (AvgIpc) is 2.82. The van der Waals surface area contributed by atoms with Crippen LogP contribution >= 0.6 is 11.6 Å². The maximum absolute atomic E-state index is 12.4. The van der Waals surface area contributed by atoms with Crippen LogP contribution in [0.5, 0.6) is 0 Å². The van der Waals surface area contributed by atoms with Crippen LogP contribution in [0.2, 0.25) is 0 Å². The van der Waals surface area contributed by atoms with Gasteiger partial charge in [-0.25, -0.2) is 4.79 Å². The molecule has 1 heterocycles. The van der Waals surface area contributed by atoms with Gasteiger partial charge in [-0.3, -0.25) is 0 Å². The van der Waals surface area contributed by atoms with Crippen molar-refractivity contribution in [3.8, 4) is 0 Å². The van der Waals surface area contributed by atoms with Crippen LogP contribution in [0.15, 0.2) is 30.3 Å². The summed E-state index contributed by atoms with van der Waals surface area (Å²) >= 11 is 5.17. The average molecular weight is 343 g/mol. The number of benzene rings is 1. The van der Waals surface area contributed by atoms with Crippen LogP contribution in [0.1, 0.15) is 18.9 Å². The van der Waals surface area contributed by atoms with Crippen LogP contribution < -0.4 is 0 Å². The van der Waals surface area contributed by atoms with Crippen molar-refractivity contribution in [3.63, 3.8) is 0 Å². The standard InChI is InChI=1S/C15H16ClNO6/c1-10-7-12(23-13(16)18)8-17(10,14(19)20)15(21)22-9-11-5-3-2-4-6-11/h2-6,10,12H,7-9H2,1H3/p+1/t10-,12+,17+/m1/s1. The molecule has 1 N–H and O–H groups in total. The van der Waals surface area contributed by atoms with Gasteiger partial charge in [-0.2, -0.15) is 9.59 Å². The first-order chi connectivity index (χ1) is 10.9. The van der Waals surface area contributed by atoms with Gasteiger partial charge in [0.05, 0.1) is 0 Å². The number of amides is 2. The summed E-state index contributed by atoms with van der Waals surface area (Å²) in [5.74, 6) is 0. The summed E-state index contributed by atoms with van der Waals surface area (Å²) in [6.07, 6.45) is -2.76. The van der Waals surface area contributed by atoms with Crippen molar-refractivity contribution in [1.29, 1.82) is 0 Å². The van der Waals surface area contributed by atoms with E-state index in [1.54, 1.807) is 31.2 Å². The van der Waals surface area contributed by atoms with Crippen LogP contribution in [0, 0.1) is 0 Å². The molecular formula is C15H17ClNO6+. The highest BCUT2D eigenvalue weighted by Gasteiger charge is 2.59. The van der Waals surface area contributed by atoms with Crippen molar-refractivity contribution in [3.05, 3.63) is 35.9 Å². The van der Waals surface area contributed by atoms with E-state index in [0.29, 0.717) is 0 Å². The molecule has 1 aromatic rings. The summed E-state index contributed by atoms with van der Waals surface area (Å²) in [5, 5.41) is 9.55. The molecule has 124 valence electrons. The second-order valence-corrected chi connectivity index (χ2v) is 5.74. The molecule has 0 saturated carbocycles. The van der Waals surface area contributed by atoms with Crippen LogP contribution in [-0.2, 0) is 16.1 Å². The predicted molar refractivity (Wildman–Crippen MR) is 80.0 cm³/mol. The SMILES string of the molecule is C[C@@H]1C[C@H](OC(=O)Cl)C[N@+]1(C(=O)O)C(=O)OCc1ccccc1. The first-order valence-electron chi connectivity index (χ1n) is 7.05. The molecule has 0 unspecified atom stereocenters. The van der Waals surface area contributed by atoms with Gasteiger partial charge in [0, 0.05) is 18.0 Å². The Hall–Kier alpha value is -2.12. The normalized spacial score (nSPS) is 26.5. The summed E-state index contributed by atoms with van der Waals surface area (Å²) < 4.78 is 9.08. The molecule has 1 aromatic carbocycles. The van der Waals surface area contributed by atoms with E-state index in [4.69, 9.17) is 21.1 Å². The number of ether oxygens (including phenoxy) is 2. The van der Waals surface area contributed by atoms with Gasteiger partial charge in [-0.05, 0) is 12.5 Å². The highest BCUT2D eigenvalue weighted by Crippen LogP contribution is 2.31. The number of quaternary nitrogens is 1. The molecule has 0 radical (unpaired) electrons. The molecule has 1 aliphatic heterocycles. The van der Waals surface area contributed by atoms with Gasteiger partial charge in [0.1, 0.15) is 19.2 Å². The molecular weight excluding hydrogens is 326 g/mol. The van der Waals surface area contributed by atoms with Crippen molar-refractivity contribution in [1.82, 2.24) is 0 Å². The third kappa shape index (κ3) is 3.62. The van der Waals surface area contributed by atoms with Gasteiger partial charge in [0.15, 0.2) is 6.10 Å². The maximum Gasteiger partial charge on any atom is 0.527 e. The smallest absolute Gasteiger partial charge is 0.444 e. The van der Waals surface area contributed by atoms with Gasteiger partial charge < -0.3 is 14.6 Å². The summed E-state index contributed by atoms with van der Waals surface area (Å²) in [7, 11) is 0. The van der Waals surface area contributed by atoms with Gasteiger partial charge in [0.25, 0.3) is 0 Å². The molecule has 0 aromatic heterocycles. The van der Waals surface area contributed by atoms with Gasteiger partial charge >= 0.3 is 17.6 Å². The zero-order valence-electron chi connectivity index (χ0n) is 12.5. The Morgan fingerprint density at radius 1 is 1.30 bits per heavy atom. The molecule has 1 fully saturated rings. The quantitative estimate of drug-likeness (QED) is 0.669. The summed E-state index contributed by atoms with van der Waals surface area (Å²) in [6, 6.07) is 8.34. The molecule has 23 heavy (non-hydrogen) atoms. The topological polar surface area (TPSA) is 89.9 Å². The Morgan fingerprint density at radius 2 is 1.96 bits per heavy atom. The van der Waals surface area contributed by atoms with Gasteiger partial charge in [0.2, 0.25) is 0 Å². The number of nitrogens with zero attached hydrogens (tertiary/aromatic N) is 1. The van der Waals surface area contributed by atoms with E-state index in [1.807, 2.05) is 6.07 Å². The second-order valence-electron chi connectivity index (χ2n) is 5.44. The third-order valence-electron chi connectivity index (χ3n) is 3.98. The fraction of sp³-hybridized carbons (Fsp3) is 0.400. The molecule has 3 atom stereocenters. The van der Waals surface area contributed by atoms with E-state index in [2.05, 4.69) is 0 Å². The lowest BCUT2D eigenvalue weighted by atomic mass is 10.2. The molecule has 2 amide bonds.